The minimum absolute atomic E-state index is 0.835. The number of rotatable bonds is 5. The van der Waals surface area contributed by atoms with Gasteiger partial charge in [0.25, 0.3) is 0 Å². The van der Waals surface area contributed by atoms with Gasteiger partial charge in [-0.2, -0.15) is 0 Å². The Hall–Kier alpha value is -2.39. The Labute approximate surface area is 131 Å². The molecule has 0 atom stereocenters. The van der Waals surface area contributed by atoms with Crippen molar-refractivity contribution in [1.82, 2.24) is 14.9 Å². The van der Waals surface area contributed by atoms with Crippen molar-refractivity contribution >= 4 is 0 Å². The lowest BCUT2D eigenvalue weighted by atomic mass is 10.1. The van der Waals surface area contributed by atoms with Crippen LogP contribution in [0.25, 0.3) is 5.69 Å². The van der Waals surface area contributed by atoms with Gasteiger partial charge in [-0.3, -0.25) is 0 Å². The molecule has 0 unspecified atom stereocenters. The summed E-state index contributed by atoms with van der Waals surface area (Å²) in [6, 6.07) is 15.0. The van der Waals surface area contributed by atoms with Crippen molar-refractivity contribution in [1.29, 1.82) is 0 Å². The van der Waals surface area contributed by atoms with Crippen molar-refractivity contribution in [2.45, 2.75) is 26.9 Å². The van der Waals surface area contributed by atoms with E-state index in [2.05, 4.69) is 66.6 Å². The van der Waals surface area contributed by atoms with Gasteiger partial charge in [0.1, 0.15) is 0 Å². The number of aromatic nitrogens is 2. The van der Waals surface area contributed by atoms with Crippen molar-refractivity contribution in [2.24, 2.45) is 0 Å². The molecule has 0 aliphatic heterocycles. The molecule has 0 saturated heterocycles. The first-order chi connectivity index (χ1) is 10.7. The molecule has 0 aliphatic carbocycles. The van der Waals surface area contributed by atoms with Crippen molar-refractivity contribution in [3.05, 3.63) is 83.4 Å². The Balaban J connectivity index is 1.68. The normalized spacial score (nSPS) is 10.8. The van der Waals surface area contributed by atoms with E-state index in [1.807, 2.05) is 17.1 Å². The lowest BCUT2D eigenvalue weighted by Gasteiger charge is -2.12. The van der Waals surface area contributed by atoms with E-state index in [1.165, 1.54) is 27.9 Å². The third-order valence-electron chi connectivity index (χ3n) is 3.99. The molecule has 3 heteroatoms. The van der Waals surface area contributed by atoms with Gasteiger partial charge in [-0.05, 0) is 42.2 Å². The van der Waals surface area contributed by atoms with Gasteiger partial charge >= 0.3 is 0 Å². The molecule has 1 heterocycles. The molecule has 0 amide bonds. The monoisotopic (exact) mass is 291 g/mol. The second-order valence-corrected chi connectivity index (χ2v) is 5.62. The number of imidazole rings is 1. The van der Waals surface area contributed by atoms with E-state index in [9.17, 15) is 0 Å². The fourth-order valence-electron chi connectivity index (χ4n) is 2.57. The maximum atomic E-state index is 4.13. The molecule has 0 saturated carbocycles. The average Bonchev–Trinajstić information content (AvgIpc) is 3.05. The number of nitrogens with one attached hydrogen (secondary N) is 1. The summed E-state index contributed by atoms with van der Waals surface area (Å²) in [6.45, 7) is 6.02. The highest BCUT2D eigenvalue weighted by atomic mass is 15.0. The fraction of sp³-hybridized carbons (Fsp3) is 0.211. The second-order valence-electron chi connectivity index (χ2n) is 5.62. The zero-order chi connectivity index (χ0) is 15.4. The molecule has 1 aromatic heterocycles. The first-order valence-electron chi connectivity index (χ1n) is 7.57. The predicted octanol–water partition coefficient (Wildman–Crippen LogP) is 3.78. The maximum Gasteiger partial charge on any atom is 0.0991 e. The van der Waals surface area contributed by atoms with Crippen LogP contribution in [-0.4, -0.2) is 9.55 Å². The van der Waals surface area contributed by atoms with E-state index in [4.69, 9.17) is 0 Å². The number of nitrogens with zero attached hydrogens (tertiary/aromatic N) is 2. The number of benzene rings is 2. The van der Waals surface area contributed by atoms with Gasteiger partial charge < -0.3 is 9.88 Å². The highest BCUT2D eigenvalue weighted by molar-refractivity contribution is 5.41. The summed E-state index contributed by atoms with van der Waals surface area (Å²) in [6.07, 6.45) is 5.61. The molecule has 0 aliphatic rings. The minimum Gasteiger partial charge on any atom is -0.309 e. The summed E-state index contributed by atoms with van der Waals surface area (Å²) in [5, 5.41) is 3.53. The maximum absolute atomic E-state index is 4.13. The Bertz CT molecular complexity index is 745. The van der Waals surface area contributed by atoms with Crippen molar-refractivity contribution in [3.8, 4) is 5.69 Å². The van der Waals surface area contributed by atoms with E-state index in [1.54, 1.807) is 6.20 Å². The first-order valence-corrected chi connectivity index (χ1v) is 7.57. The summed E-state index contributed by atoms with van der Waals surface area (Å²) < 4.78 is 2.05. The summed E-state index contributed by atoms with van der Waals surface area (Å²) in [7, 11) is 0. The second kappa shape index (κ2) is 6.58. The molecular formula is C19H21N3. The van der Waals surface area contributed by atoms with Crippen LogP contribution in [-0.2, 0) is 13.1 Å². The SMILES string of the molecule is Cc1ccc(CNCc2ccccc2-n2ccnc2)cc1C. The smallest absolute Gasteiger partial charge is 0.0991 e. The van der Waals surface area contributed by atoms with E-state index in [0.717, 1.165) is 13.1 Å². The third kappa shape index (κ3) is 3.26. The van der Waals surface area contributed by atoms with Crippen LogP contribution in [0.1, 0.15) is 22.3 Å². The van der Waals surface area contributed by atoms with Crippen LogP contribution in [0, 0.1) is 13.8 Å². The molecule has 0 radical (unpaired) electrons. The van der Waals surface area contributed by atoms with Crippen molar-refractivity contribution in [2.75, 3.05) is 0 Å². The quantitative estimate of drug-likeness (QED) is 0.775. The molecule has 0 bridgehead atoms. The van der Waals surface area contributed by atoms with Crippen molar-refractivity contribution in [3.63, 3.8) is 0 Å². The standard InChI is InChI=1S/C19H21N3/c1-15-7-8-17(11-16(15)2)12-21-13-18-5-3-4-6-19(18)22-10-9-20-14-22/h3-11,14,21H,12-13H2,1-2H3. The van der Waals surface area contributed by atoms with Gasteiger partial charge in [-0.25, -0.2) is 4.98 Å². The number of hydrogen-bond donors (Lipinski definition) is 1. The fourth-order valence-corrected chi connectivity index (χ4v) is 2.57. The number of hydrogen-bond acceptors (Lipinski definition) is 2. The largest absolute Gasteiger partial charge is 0.309 e. The van der Waals surface area contributed by atoms with Crippen LogP contribution >= 0.6 is 0 Å². The average molecular weight is 291 g/mol. The Morgan fingerprint density at radius 1 is 1.00 bits per heavy atom. The lowest BCUT2D eigenvalue weighted by molar-refractivity contribution is 0.689. The predicted molar refractivity (Wildman–Crippen MR) is 90.0 cm³/mol. The Morgan fingerprint density at radius 3 is 2.64 bits per heavy atom. The molecule has 1 N–H and O–H groups in total. The van der Waals surface area contributed by atoms with Gasteiger partial charge in [0.05, 0.1) is 12.0 Å². The molecule has 3 nitrogen and oxygen atoms in total. The summed E-state index contributed by atoms with van der Waals surface area (Å²) in [5.41, 5.74) is 6.45. The highest BCUT2D eigenvalue weighted by Gasteiger charge is 2.03. The summed E-state index contributed by atoms with van der Waals surface area (Å²) in [4.78, 5) is 4.13. The van der Waals surface area contributed by atoms with Crippen LogP contribution in [0.3, 0.4) is 0 Å². The van der Waals surface area contributed by atoms with Crippen molar-refractivity contribution < 1.29 is 0 Å². The number of aryl methyl sites for hydroxylation is 2. The molecule has 3 aromatic rings. The number of para-hydroxylation sites is 1. The molecular weight excluding hydrogens is 270 g/mol. The molecule has 22 heavy (non-hydrogen) atoms. The third-order valence-corrected chi connectivity index (χ3v) is 3.99. The minimum atomic E-state index is 0.835. The first kappa shape index (κ1) is 14.5. The summed E-state index contributed by atoms with van der Waals surface area (Å²) in [5.74, 6) is 0. The molecule has 0 spiro atoms. The zero-order valence-corrected chi connectivity index (χ0v) is 13.1. The van der Waals surface area contributed by atoms with E-state index in [0.29, 0.717) is 0 Å². The van der Waals surface area contributed by atoms with Gasteiger partial charge in [-0.15, -0.1) is 0 Å². The van der Waals surface area contributed by atoms with Gasteiger partial charge in [0.2, 0.25) is 0 Å². The molecule has 112 valence electrons. The van der Waals surface area contributed by atoms with Crippen LogP contribution in [0.2, 0.25) is 0 Å². The van der Waals surface area contributed by atoms with E-state index >= 15 is 0 Å². The molecule has 3 rings (SSSR count). The highest BCUT2D eigenvalue weighted by Crippen LogP contribution is 2.14. The van der Waals surface area contributed by atoms with Crippen LogP contribution in [0.4, 0.5) is 0 Å². The van der Waals surface area contributed by atoms with E-state index < -0.39 is 0 Å². The van der Waals surface area contributed by atoms with Crippen LogP contribution in [0.5, 0.6) is 0 Å². The van der Waals surface area contributed by atoms with Crippen LogP contribution in [0.15, 0.2) is 61.2 Å². The van der Waals surface area contributed by atoms with Gasteiger partial charge in [0.15, 0.2) is 0 Å². The van der Waals surface area contributed by atoms with E-state index in [-0.39, 0.29) is 0 Å². The van der Waals surface area contributed by atoms with Crippen LogP contribution < -0.4 is 5.32 Å². The van der Waals surface area contributed by atoms with Gasteiger partial charge in [0, 0.05) is 25.5 Å². The molecule has 2 aromatic carbocycles. The Morgan fingerprint density at radius 2 is 1.86 bits per heavy atom. The van der Waals surface area contributed by atoms with Gasteiger partial charge in [-0.1, -0.05) is 36.4 Å². The zero-order valence-electron chi connectivity index (χ0n) is 13.1. The molecule has 0 fully saturated rings. The summed E-state index contributed by atoms with van der Waals surface area (Å²) >= 11 is 0. The lowest BCUT2D eigenvalue weighted by Crippen LogP contribution is -2.14. The topological polar surface area (TPSA) is 29.9 Å². The Kier molecular flexibility index (Phi) is 4.35.